The van der Waals surface area contributed by atoms with Crippen molar-refractivity contribution in [3.8, 4) is 0 Å². The van der Waals surface area contributed by atoms with Gasteiger partial charge in [0.1, 0.15) is 0 Å². The molecule has 12 heavy (non-hydrogen) atoms. The maximum atomic E-state index is 4.72. The molecule has 0 unspecified atom stereocenters. The van der Waals surface area contributed by atoms with Crippen LogP contribution in [0.1, 0.15) is 38.5 Å². The zero-order valence-corrected chi connectivity index (χ0v) is 7.38. The largest absolute Gasteiger partial charge is 0.205 e. The Labute approximate surface area is 73.0 Å². The first kappa shape index (κ1) is 9.92. The molecule has 1 fully saturated rings. The molecule has 1 aliphatic heterocycles. The van der Waals surface area contributed by atoms with Crippen LogP contribution in [0.25, 0.3) is 0 Å². The van der Waals surface area contributed by atoms with Crippen LogP contribution in [-0.2, 0) is 14.9 Å². The molecule has 72 valence electrons. The van der Waals surface area contributed by atoms with Crippen molar-refractivity contribution in [1.29, 1.82) is 0 Å². The maximum absolute atomic E-state index is 4.72. The van der Waals surface area contributed by atoms with Gasteiger partial charge in [-0.05, 0) is 17.9 Å². The highest BCUT2D eigenvalue weighted by atomic mass is 17.5. The van der Waals surface area contributed by atoms with E-state index in [1.165, 1.54) is 25.7 Å². The third-order valence-electron chi connectivity index (χ3n) is 1.90. The summed E-state index contributed by atoms with van der Waals surface area (Å²) in [5.41, 5.74) is 2.66. The molecule has 1 saturated heterocycles. The molecule has 0 aromatic rings. The van der Waals surface area contributed by atoms with Gasteiger partial charge in [0.15, 0.2) is 0 Å². The molecule has 1 aliphatic rings. The monoisotopic (exact) mass is 175 g/mol. The summed E-state index contributed by atoms with van der Waals surface area (Å²) in [7, 11) is 0. The van der Waals surface area contributed by atoms with E-state index in [1.54, 1.807) is 0 Å². The molecule has 0 aromatic heterocycles. The molecule has 0 radical (unpaired) electrons. The van der Waals surface area contributed by atoms with E-state index in [4.69, 9.17) is 4.89 Å². The summed E-state index contributed by atoms with van der Waals surface area (Å²) in [5, 5.41) is 4.40. The molecule has 0 aliphatic carbocycles. The smallest absolute Gasteiger partial charge is 0.0854 e. The summed E-state index contributed by atoms with van der Waals surface area (Å²) in [6.45, 7) is 1.44. The van der Waals surface area contributed by atoms with Crippen LogP contribution in [0.15, 0.2) is 0 Å². The highest BCUT2D eigenvalue weighted by Crippen LogP contribution is 2.05. The molecule has 0 aromatic carbocycles. The van der Waals surface area contributed by atoms with Crippen molar-refractivity contribution in [2.24, 2.45) is 0 Å². The summed E-state index contributed by atoms with van der Waals surface area (Å²) in [6.07, 6.45) is 7.26. The third-order valence-corrected chi connectivity index (χ3v) is 1.90. The van der Waals surface area contributed by atoms with Gasteiger partial charge in [-0.15, -0.1) is 4.99 Å². The van der Waals surface area contributed by atoms with Gasteiger partial charge in [-0.3, -0.25) is 0 Å². The molecule has 0 atom stereocenters. The van der Waals surface area contributed by atoms with Crippen LogP contribution in [0.5, 0.6) is 0 Å². The molecule has 0 spiro atoms. The fourth-order valence-corrected chi connectivity index (χ4v) is 1.19. The predicted octanol–water partition coefficient (Wildman–Crippen LogP) is 1.72. The molecule has 1 N–H and O–H groups in total. The minimum Gasteiger partial charge on any atom is -0.205 e. The summed E-state index contributed by atoms with van der Waals surface area (Å²) in [4.78, 5) is 9.26. The Kier molecular flexibility index (Phi) is 6.19. The summed E-state index contributed by atoms with van der Waals surface area (Å²) in [5.74, 6) is 0. The van der Waals surface area contributed by atoms with Crippen LogP contribution in [0.2, 0.25) is 0 Å². The van der Waals surface area contributed by atoms with Crippen LogP contribution in [0, 0.1) is 0 Å². The minimum absolute atomic E-state index is 0.613. The van der Waals surface area contributed by atoms with Gasteiger partial charge in [-0.2, -0.15) is 5.48 Å². The van der Waals surface area contributed by atoms with E-state index in [0.717, 1.165) is 19.4 Å². The highest BCUT2D eigenvalue weighted by molar-refractivity contribution is 4.45. The van der Waals surface area contributed by atoms with Gasteiger partial charge in [-0.1, -0.05) is 25.7 Å². The molecule has 4 nitrogen and oxygen atoms in total. The summed E-state index contributed by atoms with van der Waals surface area (Å²) < 4.78 is 0. The zero-order valence-electron chi connectivity index (χ0n) is 7.38. The second-order valence-electron chi connectivity index (χ2n) is 2.99. The van der Waals surface area contributed by atoms with Crippen molar-refractivity contribution < 1.29 is 14.9 Å². The van der Waals surface area contributed by atoms with Crippen molar-refractivity contribution >= 4 is 0 Å². The van der Waals surface area contributed by atoms with Crippen LogP contribution in [0.4, 0.5) is 0 Å². The Morgan fingerprint density at radius 2 is 1.58 bits per heavy atom. The number of hydrogen-bond acceptors (Lipinski definition) is 4. The first-order chi connectivity index (χ1) is 6.00. The van der Waals surface area contributed by atoms with Crippen LogP contribution < -0.4 is 5.48 Å². The standard InChI is InChI=1S/C8H17NO3/c1-2-4-6-8-10-12-11-9-7-5-3-1/h9H,1-8H2. The van der Waals surface area contributed by atoms with E-state index in [-0.39, 0.29) is 0 Å². The normalized spacial score (nSPS) is 24.0. The average Bonchev–Trinajstić information content (AvgIpc) is 2.05. The molecule has 0 amide bonds. The summed E-state index contributed by atoms with van der Waals surface area (Å²) >= 11 is 0. The van der Waals surface area contributed by atoms with Gasteiger partial charge in [0, 0.05) is 6.54 Å². The number of rotatable bonds is 0. The quantitative estimate of drug-likeness (QED) is 0.569. The van der Waals surface area contributed by atoms with Crippen molar-refractivity contribution in [2.75, 3.05) is 13.2 Å². The lowest BCUT2D eigenvalue weighted by molar-refractivity contribution is -0.534. The Balaban J connectivity index is 2.00. The molecular weight excluding hydrogens is 158 g/mol. The van der Waals surface area contributed by atoms with E-state index in [1.807, 2.05) is 0 Å². The number of nitrogens with one attached hydrogen (secondary N) is 1. The Morgan fingerprint density at radius 3 is 2.50 bits per heavy atom. The lowest BCUT2D eigenvalue weighted by Crippen LogP contribution is -2.17. The fourth-order valence-electron chi connectivity index (χ4n) is 1.19. The molecule has 4 heteroatoms. The van der Waals surface area contributed by atoms with Crippen LogP contribution in [-0.4, -0.2) is 13.2 Å². The van der Waals surface area contributed by atoms with Crippen molar-refractivity contribution in [3.05, 3.63) is 0 Å². The van der Waals surface area contributed by atoms with E-state index >= 15 is 0 Å². The third kappa shape index (κ3) is 5.49. The Morgan fingerprint density at radius 1 is 0.833 bits per heavy atom. The Bertz CT molecular complexity index is 57.3. The van der Waals surface area contributed by atoms with Crippen molar-refractivity contribution in [1.82, 2.24) is 5.48 Å². The lowest BCUT2D eigenvalue weighted by Gasteiger charge is -2.06. The lowest BCUT2D eigenvalue weighted by atomic mass is 10.1. The van der Waals surface area contributed by atoms with E-state index in [9.17, 15) is 0 Å². The molecule has 0 saturated carbocycles. The van der Waals surface area contributed by atoms with Gasteiger partial charge in [0.25, 0.3) is 0 Å². The van der Waals surface area contributed by atoms with E-state index in [0.29, 0.717) is 6.61 Å². The molecule has 1 heterocycles. The van der Waals surface area contributed by atoms with Crippen molar-refractivity contribution in [2.45, 2.75) is 38.5 Å². The maximum Gasteiger partial charge on any atom is 0.0854 e. The van der Waals surface area contributed by atoms with Crippen LogP contribution in [0.3, 0.4) is 0 Å². The first-order valence-electron chi connectivity index (χ1n) is 4.68. The predicted molar refractivity (Wildman–Crippen MR) is 43.8 cm³/mol. The number of hydroxylamine groups is 1. The van der Waals surface area contributed by atoms with Gasteiger partial charge in [0.05, 0.1) is 6.61 Å². The first-order valence-corrected chi connectivity index (χ1v) is 4.68. The van der Waals surface area contributed by atoms with Crippen molar-refractivity contribution in [3.63, 3.8) is 0 Å². The molecule has 0 bridgehead atoms. The Hall–Kier alpha value is -0.160. The minimum atomic E-state index is 0.613. The molecule has 1 rings (SSSR count). The van der Waals surface area contributed by atoms with Gasteiger partial charge in [-0.25, -0.2) is 4.89 Å². The fraction of sp³-hybridized carbons (Fsp3) is 1.00. The topological polar surface area (TPSA) is 39.7 Å². The summed E-state index contributed by atoms with van der Waals surface area (Å²) in [6, 6.07) is 0. The van der Waals surface area contributed by atoms with Crippen LogP contribution >= 0.6 is 0 Å². The van der Waals surface area contributed by atoms with E-state index in [2.05, 4.69) is 15.5 Å². The zero-order chi connectivity index (χ0) is 8.49. The van der Waals surface area contributed by atoms with E-state index < -0.39 is 0 Å². The van der Waals surface area contributed by atoms with Gasteiger partial charge >= 0.3 is 0 Å². The second-order valence-corrected chi connectivity index (χ2v) is 2.99. The second kappa shape index (κ2) is 7.49. The molecular formula is C8H17NO3. The highest BCUT2D eigenvalue weighted by Gasteiger charge is 1.95. The average molecular weight is 175 g/mol. The van der Waals surface area contributed by atoms with Gasteiger partial charge < -0.3 is 0 Å². The van der Waals surface area contributed by atoms with Gasteiger partial charge in [0.2, 0.25) is 0 Å². The SMILES string of the molecule is C1CCCCOOONCCC1. The number of hydrogen-bond donors (Lipinski definition) is 1.